The summed E-state index contributed by atoms with van der Waals surface area (Å²) in [6.45, 7) is 1.95. The number of aliphatic carboxylic acids is 1. The van der Waals surface area contributed by atoms with Crippen LogP contribution in [0.3, 0.4) is 0 Å². The van der Waals surface area contributed by atoms with Crippen LogP contribution in [0.25, 0.3) is 0 Å². The van der Waals surface area contributed by atoms with E-state index in [0.717, 1.165) is 17.9 Å². The van der Waals surface area contributed by atoms with Crippen LogP contribution in [-0.4, -0.2) is 28.6 Å². The van der Waals surface area contributed by atoms with Crippen molar-refractivity contribution >= 4 is 17.7 Å². The first-order valence-electron chi connectivity index (χ1n) is 3.68. The topological polar surface area (TPSA) is 63.3 Å². The molecule has 0 spiro atoms. The van der Waals surface area contributed by atoms with Gasteiger partial charge in [0.25, 0.3) is 0 Å². The smallest absolute Gasteiger partial charge is 0.303 e. The van der Waals surface area contributed by atoms with Gasteiger partial charge in [-0.2, -0.15) is 11.8 Å². The Kier molecular flexibility index (Phi) is 6.36. The van der Waals surface area contributed by atoms with Crippen LogP contribution in [0.4, 0.5) is 0 Å². The summed E-state index contributed by atoms with van der Waals surface area (Å²) in [6.07, 6.45) is 1.01. The molecule has 0 radical (unpaired) electrons. The highest BCUT2D eigenvalue weighted by Gasteiger charge is 1.97. The Hall–Kier alpha value is -0.220. The third-order valence-electron chi connectivity index (χ3n) is 1.06. The van der Waals surface area contributed by atoms with E-state index in [1.54, 1.807) is 11.8 Å². The summed E-state index contributed by atoms with van der Waals surface area (Å²) >= 11 is 1.72. The van der Waals surface area contributed by atoms with Crippen molar-refractivity contribution in [3.63, 3.8) is 0 Å². The van der Waals surface area contributed by atoms with E-state index in [0.29, 0.717) is 0 Å². The maximum absolute atomic E-state index is 10.1. The van der Waals surface area contributed by atoms with Crippen molar-refractivity contribution in [1.29, 1.82) is 0 Å². The monoisotopic (exact) mass is 177 g/mol. The standard InChI is InChI=1S/C7H15NO2S/c1-6(8)5-11-4-2-3-7(9)10/h6H,2-5,8H2,1H3,(H,9,10). The summed E-state index contributed by atoms with van der Waals surface area (Å²) in [5.41, 5.74) is 5.50. The van der Waals surface area contributed by atoms with Crippen molar-refractivity contribution in [2.75, 3.05) is 11.5 Å². The van der Waals surface area contributed by atoms with Crippen molar-refractivity contribution < 1.29 is 9.90 Å². The van der Waals surface area contributed by atoms with Gasteiger partial charge in [-0.3, -0.25) is 4.79 Å². The van der Waals surface area contributed by atoms with Gasteiger partial charge in [-0.1, -0.05) is 0 Å². The van der Waals surface area contributed by atoms with Gasteiger partial charge < -0.3 is 10.8 Å². The lowest BCUT2D eigenvalue weighted by Gasteiger charge is -2.02. The lowest BCUT2D eigenvalue weighted by molar-refractivity contribution is -0.137. The highest BCUT2D eigenvalue weighted by molar-refractivity contribution is 7.99. The molecule has 0 bridgehead atoms. The molecule has 0 fully saturated rings. The van der Waals surface area contributed by atoms with Gasteiger partial charge in [0, 0.05) is 18.2 Å². The van der Waals surface area contributed by atoms with E-state index in [1.807, 2.05) is 6.92 Å². The first kappa shape index (κ1) is 10.8. The van der Waals surface area contributed by atoms with Crippen LogP contribution in [0.1, 0.15) is 19.8 Å². The summed E-state index contributed by atoms with van der Waals surface area (Å²) in [5, 5.41) is 8.29. The Bertz CT molecular complexity index is 117. The lowest BCUT2D eigenvalue weighted by atomic mass is 10.3. The summed E-state index contributed by atoms with van der Waals surface area (Å²) in [5.74, 6) is 1.10. The summed E-state index contributed by atoms with van der Waals surface area (Å²) in [7, 11) is 0. The van der Waals surface area contributed by atoms with Gasteiger partial charge in [0.05, 0.1) is 0 Å². The molecule has 0 aliphatic heterocycles. The number of carboxylic acids is 1. The third kappa shape index (κ3) is 9.78. The maximum Gasteiger partial charge on any atom is 0.303 e. The number of carbonyl (C=O) groups is 1. The van der Waals surface area contributed by atoms with Crippen LogP contribution < -0.4 is 5.73 Å². The number of hydrogen-bond donors (Lipinski definition) is 2. The van der Waals surface area contributed by atoms with E-state index < -0.39 is 5.97 Å². The number of carboxylic acid groups (broad SMARTS) is 1. The Morgan fingerprint density at radius 2 is 2.36 bits per heavy atom. The molecule has 0 saturated carbocycles. The van der Waals surface area contributed by atoms with E-state index in [-0.39, 0.29) is 12.5 Å². The van der Waals surface area contributed by atoms with Crippen LogP contribution in [0.5, 0.6) is 0 Å². The zero-order valence-corrected chi connectivity index (χ0v) is 7.56. The normalized spacial score (nSPS) is 12.9. The Labute approximate surface area is 71.3 Å². The number of hydrogen-bond acceptors (Lipinski definition) is 3. The van der Waals surface area contributed by atoms with E-state index >= 15 is 0 Å². The molecule has 11 heavy (non-hydrogen) atoms. The van der Waals surface area contributed by atoms with Crippen LogP contribution in [0.15, 0.2) is 0 Å². The largest absolute Gasteiger partial charge is 0.481 e. The van der Waals surface area contributed by atoms with Crippen LogP contribution in [0, 0.1) is 0 Å². The summed E-state index contributed by atoms with van der Waals surface area (Å²) in [6, 6.07) is 0.213. The van der Waals surface area contributed by atoms with Crippen LogP contribution >= 0.6 is 11.8 Å². The lowest BCUT2D eigenvalue weighted by Crippen LogP contribution is -2.17. The van der Waals surface area contributed by atoms with Gasteiger partial charge in [0.15, 0.2) is 0 Å². The van der Waals surface area contributed by atoms with Crippen molar-refractivity contribution in [1.82, 2.24) is 0 Å². The summed E-state index contributed by atoms with van der Waals surface area (Å²) < 4.78 is 0. The molecule has 3 nitrogen and oxygen atoms in total. The molecule has 0 aromatic heterocycles. The highest BCUT2D eigenvalue weighted by atomic mass is 32.2. The third-order valence-corrected chi connectivity index (χ3v) is 2.40. The minimum atomic E-state index is -0.716. The summed E-state index contributed by atoms with van der Waals surface area (Å²) in [4.78, 5) is 10.1. The molecule has 3 N–H and O–H groups in total. The molecular weight excluding hydrogens is 162 g/mol. The second kappa shape index (κ2) is 6.49. The molecule has 1 atom stereocenters. The van der Waals surface area contributed by atoms with Crippen molar-refractivity contribution in [3.8, 4) is 0 Å². The molecular formula is C7H15NO2S. The molecule has 66 valence electrons. The number of thioether (sulfide) groups is 1. The quantitative estimate of drug-likeness (QED) is 0.592. The van der Waals surface area contributed by atoms with Gasteiger partial charge in [-0.25, -0.2) is 0 Å². The molecule has 0 saturated heterocycles. The average Bonchev–Trinajstić information content (AvgIpc) is 1.85. The number of nitrogens with two attached hydrogens (primary N) is 1. The Morgan fingerprint density at radius 1 is 1.73 bits per heavy atom. The molecule has 0 aromatic rings. The molecule has 0 aromatic carbocycles. The van der Waals surface area contributed by atoms with E-state index in [9.17, 15) is 4.79 Å². The second-order valence-corrected chi connectivity index (χ2v) is 3.70. The Balaban J connectivity index is 2.97. The van der Waals surface area contributed by atoms with Crippen molar-refractivity contribution in [2.45, 2.75) is 25.8 Å². The fourth-order valence-corrected chi connectivity index (χ4v) is 1.48. The molecule has 0 rings (SSSR count). The fourth-order valence-electron chi connectivity index (χ4n) is 0.595. The predicted molar refractivity (Wildman–Crippen MR) is 47.8 cm³/mol. The van der Waals surface area contributed by atoms with Gasteiger partial charge in [-0.05, 0) is 19.1 Å². The zero-order valence-electron chi connectivity index (χ0n) is 6.75. The highest BCUT2D eigenvalue weighted by Crippen LogP contribution is 2.05. The van der Waals surface area contributed by atoms with E-state index in [1.165, 1.54) is 0 Å². The molecule has 0 amide bonds. The van der Waals surface area contributed by atoms with Gasteiger partial charge in [-0.15, -0.1) is 0 Å². The maximum atomic E-state index is 10.1. The predicted octanol–water partition coefficient (Wildman–Crippen LogP) is 0.932. The minimum absolute atomic E-state index is 0.213. The van der Waals surface area contributed by atoms with Crippen LogP contribution in [-0.2, 0) is 4.79 Å². The molecule has 4 heteroatoms. The van der Waals surface area contributed by atoms with E-state index in [4.69, 9.17) is 10.8 Å². The zero-order chi connectivity index (χ0) is 8.69. The van der Waals surface area contributed by atoms with Gasteiger partial charge in [0.1, 0.15) is 0 Å². The molecule has 0 aliphatic carbocycles. The van der Waals surface area contributed by atoms with Gasteiger partial charge in [0.2, 0.25) is 0 Å². The molecule has 0 heterocycles. The second-order valence-electron chi connectivity index (χ2n) is 2.55. The van der Waals surface area contributed by atoms with Crippen molar-refractivity contribution in [3.05, 3.63) is 0 Å². The minimum Gasteiger partial charge on any atom is -0.481 e. The van der Waals surface area contributed by atoms with Gasteiger partial charge >= 0.3 is 5.97 Å². The SMILES string of the molecule is CC(N)CSCCCC(=O)O. The average molecular weight is 177 g/mol. The van der Waals surface area contributed by atoms with Crippen LogP contribution in [0.2, 0.25) is 0 Å². The fraction of sp³-hybridized carbons (Fsp3) is 0.857. The molecule has 1 unspecified atom stereocenters. The first-order valence-corrected chi connectivity index (χ1v) is 4.83. The molecule has 0 aliphatic rings. The first-order chi connectivity index (χ1) is 5.13. The Morgan fingerprint density at radius 3 is 2.82 bits per heavy atom. The van der Waals surface area contributed by atoms with E-state index in [2.05, 4.69) is 0 Å². The van der Waals surface area contributed by atoms with Crippen molar-refractivity contribution in [2.24, 2.45) is 5.73 Å². The number of rotatable bonds is 6.